The van der Waals surface area contributed by atoms with Crippen LogP contribution >= 0.6 is 31.9 Å². The lowest BCUT2D eigenvalue weighted by Crippen LogP contribution is -2.14. The van der Waals surface area contributed by atoms with Crippen LogP contribution in [-0.2, 0) is 4.74 Å². The molecule has 0 aliphatic heterocycles. The van der Waals surface area contributed by atoms with Crippen molar-refractivity contribution in [3.63, 3.8) is 0 Å². The fourth-order valence-corrected chi connectivity index (χ4v) is 2.00. The summed E-state index contributed by atoms with van der Waals surface area (Å²) in [5, 5.41) is 0. The summed E-state index contributed by atoms with van der Waals surface area (Å²) in [7, 11) is 1.25. The van der Waals surface area contributed by atoms with Gasteiger partial charge in [-0.15, -0.1) is 0 Å². The molecule has 0 atom stereocenters. The van der Waals surface area contributed by atoms with Crippen molar-refractivity contribution >= 4 is 37.8 Å². The lowest BCUT2D eigenvalue weighted by atomic mass is 10.3. The standard InChI is InChI=1S/C7H5Br2NO3/c1-13-7(12)4-3(8)2-10-6(11)5(4)9/h2H,1H3,(H,10,11). The van der Waals surface area contributed by atoms with E-state index in [-0.39, 0.29) is 15.6 Å². The second-order valence-electron chi connectivity index (χ2n) is 2.15. The third-order valence-corrected chi connectivity index (χ3v) is 2.76. The van der Waals surface area contributed by atoms with Crippen LogP contribution in [0.25, 0.3) is 0 Å². The van der Waals surface area contributed by atoms with Gasteiger partial charge in [0.25, 0.3) is 5.56 Å². The molecular weight excluding hydrogens is 306 g/mol. The Bertz CT molecular complexity index is 399. The average Bonchev–Trinajstić information content (AvgIpc) is 2.12. The van der Waals surface area contributed by atoms with Crippen LogP contribution in [0.15, 0.2) is 19.9 Å². The molecule has 0 radical (unpaired) electrons. The normalized spacial score (nSPS) is 9.77. The Labute approximate surface area is 90.6 Å². The zero-order chi connectivity index (χ0) is 10.0. The van der Waals surface area contributed by atoms with Gasteiger partial charge in [0.2, 0.25) is 0 Å². The quantitative estimate of drug-likeness (QED) is 0.803. The molecule has 1 aromatic rings. The lowest BCUT2D eigenvalue weighted by molar-refractivity contribution is 0.0598. The van der Waals surface area contributed by atoms with E-state index in [0.717, 1.165) is 0 Å². The van der Waals surface area contributed by atoms with Gasteiger partial charge in [0, 0.05) is 10.7 Å². The number of hydrogen-bond acceptors (Lipinski definition) is 3. The van der Waals surface area contributed by atoms with Crippen molar-refractivity contribution in [3.8, 4) is 0 Å². The molecule has 6 heteroatoms. The highest BCUT2D eigenvalue weighted by Gasteiger charge is 2.16. The number of hydrogen-bond donors (Lipinski definition) is 1. The van der Waals surface area contributed by atoms with Crippen molar-refractivity contribution in [2.45, 2.75) is 0 Å². The predicted molar refractivity (Wildman–Crippen MR) is 53.8 cm³/mol. The van der Waals surface area contributed by atoms with Crippen molar-refractivity contribution in [1.82, 2.24) is 4.98 Å². The first-order valence-corrected chi connectivity index (χ1v) is 4.81. The molecule has 0 aliphatic rings. The summed E-state index contributed by atoms with van der Waals surface area (Å²) in [6.45, 7) is 0. The van der Waals surface area contributed by atoms with Crippen LogP contribution in [0.4, 0.5) is 0 Å². The number of esters is 1. The van der Waals surface area contributed by atoms with E-state index in [1.54, 1.807) is 0 Å². The van der Waals surface area contributed by atoms with Crippen molar-refractivity contribution in [3.05, 3.63) is 31.1 Å². The number of nitrogens with one attached hydrogen (secondary N) is 1. The van der Waals surface area contributed by atoms with Crippen LogP contribution in [0.1, 0.15) is 10.4 Å². The smallest absolute Gasteiger partial charge is 0.340 e. The van der Waals surface area contributed by atoms with Crippen LogP contribution in [0.5, 0.6) is 0 Å². The van der Waals surface area contributed by atoms with E-state index in [0.29, 0.717) is 4.47 Å². The van der Waals surface area contributed by atoms with Crippen LogP contribution in [0, 0.1) is 0 Å². The molecule has 0 unspecified atom stereocenters. The van der Waals surface area contributed by atoms with Gasteiger partial charge in [-0.05, 0) is 31.9 Å². The molecule has 0 spiro atoms. The van der Waals surface area contributed by atoms with Gasteiger partial charge in [-0.25, -0.2) is 4.79 Å². The maximum atomic E-state index is 11.2. The molecule has 1 heterocycles. The number of rotatable bonds is 1. The van der Waals surface area contributed by atoms with E-state index in [4.69, 9.17) is 0 Å². The van der Waals surface area contributed by atoms with Crippen molar-refractivity contribution < 1.29 is 9.53 Å². The number of carbonyl (C=O) groups is 1. The Hall–Kier alpha value is -0.620. The first-order chi connectivity index (χ1) is 6.07. The zero-order valence-corrected chi connectivity index (χ0v) is 9.73. The highest BCUT2D eigenvalue weighted by atomic mass is 79.9. The SMILES string of the molecule is COC(=O)c1c(Br)c[nH]c(=O)c1Br. The first-order valence-electron chi connectivity index (χ1n) is 3.23. The maximum absolute atomic E-state index is 11.2. The Morgan fingerprint density at radius 3 is 2.69 bits per heavy atom. The molecule has 0 aliphatic carbocycles. The first kappa shape index (κ1) is 10.5. The number of methoxy groups -OCH3 is 1. The summed E-state index contributed by atoms with van der Waals surface area (Å²) in [4.78, 5) is 24.7. The molecule has 13 heavy (non-hydrogen) atoms. The third kappa shape index (κ3) is 2.00. The maximum Gasteiger partial charge on any atom is 0.340 e. The number of pyridine rings is 1. The third-order valence-electron chi connectivity index (χ3n) is 1.38. The topological polar surface area (TPSA) is 59.2 Å². The molecule has 0 saturated carbocycles. The van der Waals surface area contributed by atoms with Crippen molar-refractivity contribution in [2.24, 2.45) is 0 Å². The Balaban J connectivity index is 3.42. The number of halogens is 2. The minimum absolute atomic E-state index is 0.161. The molecule has 0 fully saturated rings. The minimum Gasteiger partial charge on any atom is -0.465 e. The predicted octanol–water partition coefficient (Wildman–Crippen LogP) is 1.69. The van der Waals surface area contributed by atoms with E-state index < -0.39 is 5.97 Å². The molecule has 1 rings (SSSR count). The molecule has 1 aromatic heterocycles. The zero-order valence-electron chi connectivity index (χ0n) is 6.56. The second kappa shape index (κ2) is 4.06. The lowest BCUT2D eigenvalue weighted by Gasteiger charge is -2.02. The van der Waals surface area contributed by atoms with Gasteiger partial charge in [-0.2, -0.15) is 0 Å². The minimum atomic E-state index is -0.565. The van der Waals surface area contributed by atoms with Crippen molar-refractivity contribution in [2.75, 3.05) is 7.11 Å². The van der Waals surface area contributed by atoms with E-state index in [1.807, 2.05) is 0 Å². The van der Waals surface area contributed by atoms with Gasteiger partial charge in [-0.1, -0.05) is 0 Å². The number of H-pyrrole nitrogens is 1. The van der Waals surface area contributed by atoms with Gasteiger partial charge < -0.3 is 9.72 Å². The Kier molecular flexibility index (Phi) is 3.27. The van der Waals surface area contributed by atoms with Crippen molar-refractivity contribution in [1.29, 1.82) is 0 Å². The second-order valence-corrected chi connectivity index (χ2v) is 3.79. The number of carbonyl (C=O) groups excluding carboxylic acids is 1. The van der Waals surface area contributed by atoms with Crippen LogP contribution < -0.4 is 5.56 Å². The molecular formula is C7H5Br2NO3. The summed E-state index contributed by atoms with van der Waals surface area (Å²) in [5.74, 6) is -0.565. The van der Waals surface area contributed by atoms with Crippen LogP contribution in [0.2, 0.25) is 0 Å². The summed E-state index contributed by atoms with van der Waals surface area (Å²) in [5.41, 5.74) is -0.185. The monoisotopic (exact) mass is 309 g/mol. The van der Waals surface area contributed by atoms with E-state index in [1.165, 1.54) is 13.3 Å². The fraction of sp³-hybridized carbons (Fsp3) is 0.143. The summed E-state index contributed by atoms with van der Waals surface area (Å²) < 4.78 is 5.14. The van der Waals surface area contributed by atoms with E-state index in [2.05, 4.69) is 41.6 Å². The molecule has 0 bridgehead atoms. The van der Waals surface area contributed by atoms with Gasteiger partial charge in [0.15, 0.2) is 0 Å². The molecule has 0 aromatic carbocycles. The number of ether oxygens (including phenoxy) is 1. The summed E-state index contributed by atoms with van der Waals surface area (Å²) in [6.07, 6.45) is 1.39. The number of aromatic amines is 1. The highest BCUT2D eigenvalue weighted by Crippen LogP contribution is 2.21. The van der Waals surface area contributed by atoms with Crippen LogP contribution in [0.3, 0.4) is 0 Å². The van der Waals surface area contributed by atoms with Gasteiger partial charge >= 0.3 is 5.97 Å². The van der Waals surface area contributed by atoms with E-state index in [9.17, 15) is 9.59 Å². The molecule has 0 saturated heterocycles. The molecule has 4 nitrogen and oxygen atoms in total. The highest BCUT2D eigenvalue weighted by molar-refractivity contribution is 9.11. The van der Waals surface area contributed by atoms with E-state index >= 15 is 0 Å². The molecule has 1 N–H and O–H groups in total. The summed E-state index contributed by atoms with van der Waals surface area (Å²) >= 11 is 6.12. The van der Waals surface area contributed by atoms with Crippen LogP contribution in [-0.4, -0.2) is 18.1 Å². The Morgan fingerprint density at radius 1 is 1.54 bits per heavy atom. The largest absolute Gasteiger partial charge is 0.465 e. The molecule has 0 amide bonds. The van der Waals surface area contributed by atoms with Gasteiger partial charge in [0.05, 0.1) is 17.1 Å². The number of aromatic nitrogens is 1. The fourth-order valence-electron chi connectivity index (χ4n) is 0.772. The Morgan fingerprint density at radius 2 is 2.15 bits per heavy atom. The summed E-state index contributed by atoms with van der Waals surface area (Å²) in [6, 6.07) is 0. The average molecular weight is 311 g/mol. The van der Waals surface area contributed by atoms with Gasteiger partial charge in [0.1, 0.15) is 0 Å². The molecule has 70 valence electrons. The van der Waals surface area contributed by atoms with Gasteiger partial charge in [-0.3, -0.25) is 4.79 Å².